The normalized spacial score (nSPS) is 8.91. The van der Waals surface area contributed by atoms with Gasteiger partial charge in [0, 0.05) is 13.0 Å². The van der Waals surface area contributed by atoms with E-state index in [4.69, 9.17) is 10.2 Å². The number of furan rings is 1. The molecular weight excluding hydrogens is 206 g/mol. The van der Waals surface area contributed by atoms with Crippen LogP contribution in [0.2, 0.25) is 0 Å². The molecule has 1 heterocycles. The Morgan fingerprint density at radius 2 is 2.45 bits per heavy atom. The third-order valence-electron chi connectivity index (χ3n) is 1.09. The van der Waals surface area contributed by atoms with Gasteiger partial charge >= 0.3 is 0 Å². The van der Waals surface area contributed by atoms with Crippen molar-refractivity contribution >= 4 is 15.9 Å². The van der Waals surface area contributed by atoms with Gasteiger partial charge in [-0.15, -0.1) is 0 Å². The molecule has 58 valence electrons. The molecule has 3 heteroatoms. The summed E-state index contributed by atoms with van der Waals surface area (Å²) >= 11 is 3.29. The van der Waals surface area contributed by atoms with Gasteiger partial charge in [-0.2, -0.15) is 0 Å². The van der Waals surface area contributed by atoms with Crippen molar-refractivity contribution in [1.29, 1.82) is 0 Å². The minimum absolute atomic E-state index is 0.589. The molecule has 0 aliphatic carbocycles. The predicted molar refractivity (Wildman–Crippen MR) is 47.0 cm³/mol. The zero-order valence-electron chi connectivity index (χ0n) is 5.93. The van der Waals surface area contributed by atoms with Gasteiger partial charge in [-0.05, 0) is 27.9 Å². The summed E-state index contributed by atoms with van der Waals surface area (Å²) in [6, 6.07) is 1.81. The first-order valence-electron chi connectivity index (χ1n) is 3.26. The first-order valence-corrected chi connectivity index (χ1v) is 4.06. The molecule has 0 atom stereocenters. The van der Waals surface area contributed by atoms with Crippen molar-refractivity contribution in [2.45, 2.75) is 6.42 Å². The second kappa shape index (κ2) is 4.22. The van der Waals surface area contributed by atoms with Crippen LogP contribution < -0.4 is 5.73 Å². The molecule has 0 aliphatic heterocycles. The Labute approximate surface area is 73.9 Å². The molecule has 0 saturated heterocycles. The highest BCUT2D eigenvalue weighted by Gasteiger charge is 1.96. The van der Waals surface area contributed by atoms with Crippen molar-refractivity contribution in [2.75, 3.05) is 6.54 Å². The molecule has 1 aromatic rings. The molecule has 0 radical (unpaired) electrons. The van der Waals surface area contributed by atoms with E-state index >= 15 is 0 Å². The number of halogens is 1. The molecule has 11 heavy (non-hydrogen) atoms. The lowest BCUT2D eigenvalue weighted by atomic mass is 10.4. The van der Waals surface area contributed by atoms with Gasteiger partial charge in [-0.3, -0.25) is 0 Å². The van der Waals surface area contributed by atoms with Crippen molar-refractivity contribution in [3.8, 4) is 11.8 Å². The number of nitrogens with two attached hydrogens (primary N) is 1. The summed E-state index contributed by atoms with van der Waals surface area (Å²) in [7, 11) is 0. The van der Waals surface area contributed by atoms with Gasteiger partial charge in [0.2, 0.25) is 0 Å². The Balaban J connectivity index is 2.65. The highest BCUT2D eigenvalue weighted by atomic mass is 79.9. The smallest absolute Gasteiger partial charge is 0.190 e. The first kappa shape index (κ1) is 8.38. The fraction of sp³-hybridized carbons (Fsp3) is 0.250. The monoisotopic (exact) mass is 213 g/mol. The number of hydrogen-bond donors (Lipinski definition) is 1. The van der Waals surface area contributed by atoms with Crippen LogP contribution >= 0.6 is 15.9 Å². The molecule has 0 bridgehead atoms. The van der Waals surface area contributed by atoms with Crippen LogP contribution in [0.4, 0.5) is 0 Å². The van der Waals surface area contributed by atoms with E-state index in [0.29, 0.717) is 18.7 Å². The molecule has 2 N–H and O–H groups in total. The van der Waals surface area contributed by atoms with Gasteiger partial charge in [-0.1, -0.05) is 5.92 Å². The van der Waals surface area contributed by atoms with Gasteiger partial charge in [0.25, 0.3) is 0 Å². The Morgan fingerprint density at radius 3 is 3.00 bits per heavy atom. The molecule has 1 rings (SSSR count). The number of hydrogen-bond acceptors (Lipinski definition) is 2. The Hall–Kier alpha value is -0.720. The minimum atomic E-state index is 0.589. The summed E-state index contributed by atoms with van der Waals surface area (Å²) < 4.78 is 5.94. The molecule has 0 spiro atoms. The zero-order chi connectivity index (χ0) is 8.10. The molecule has 0 amide bonds. The lowest BCUT2D eigenvalue weighted by molar-refractivity contribution is 0.552. The van der Waals surface area contributed by atoms with Crippen molar-refractivity contribution in [3.63, 3.8) is 0 Å². The standard InChI is InChI=1S/C8H8BrNO/c9-7-4-6-11-8(7)3-1-2-5-10/h4,6H,2,5,10H2. The molecule has 2 nitrogen and oxygen atoms in total. The van der Waals surface area contributed by atoms with Crippen LogP contribution in [0.15, 0.2) is 21.2 Å². The molecular formula is C8H8BrNO. The molecule has 0 unspecified atom stereocenters. The van der Waals surface area contributed by atoms with Crippen molar-refractivity contribution in [3.05, 3.63) is 22.6 Å². The summed E-state index contributed by atoms with van der Waals surface area (Å²) in [5.41, 5.74) is 5.26. The van der Waals surface area contributed by atoms with Crippen LogP contribution in [0.5, 0.6) is 0 Å². The topological polar surface area (TPSA) is 39.2 Å². The molecule has 0 aromatic carbocycles. The predicted octanol–water partition coefficient (Wildman–Crippen LogP) is 1.74. The maximum atomic E-state index is 5.26. The van der Waals surface area contributed by atoms with Crippen molar-refractivity contribution in [2.24, 2.45) is 5.73 Å². The zero-order valence-corrected chi connectivity index (χ0v) is 7.52. The largest absolute Gasteiger partial charge is 0.455 e. The van der Waals surface area contributed by atoms with Gasteiger partial charge in [0.1, 0.15) is 0 Å². The molecule has 0 aliphatic rings. The van der Waals surface area contributed by atoms with Crippen LogP contribution in [-0.2, 0) is 0 Å². The summed E-state index contributed by atoms with van der Waals surface area (Å²) in [6.07, 6.45) is 2.30. The fourth-order valence-corrected chi connectivity index (χ4v) is 0.898. The maximum absolute atomic E-state index is 5.26. The first-order chi connectivity index (χ1) is 5.34. The van der Waals surface area contributed by atoms with E-state index < -0.39 is 0 Å². The fourth-order valence-electron chi connectivity index (χ4n) is 0.598. The van der Waals surface area contributed by atoms with Gasteiger partial charge in [-0.25, -0.2) is 0 Å². The summed E-state index contributed by atoms with van der Waals surface area (Å²) in [6.45, 7) is 0.589. The summed E-state index contributed by atoms with van der Waals surface area (Å²) in [5, 5.41) is 0. The van der Waals surface area contributed by atoms with Crippen LogP contribution in [0.25, 0.3) is 0 Å². The third-order valence-corrected chi connectivity index (χ3v) is 1.71. The lowest BCUT2D eigenvalue weighted by Crippen LogP contribution is -1.95. The maximum Gasteiger partial charge on any atom is 0.190 e. The van der Waals surface area contributed by atoms with Crippen LogP contribution in [-0.4, -0.2) is 6.54 Å². The van der Waals surface area contributed by atoms with Crippen molar-refractivity contribution < 1.29 is 4.42 Å². The summed E-state index contributed by atoms with van der Waals surface area (Å²) in [4.78, 5) is 0. The van der Waals surface area contributed by atoms with Crippen LogP contribution in [0.1, 0.15) is 12.2 Å². The minimum Gasteiger partial charge on any atom is -0.455 e. The summed E-state index contributed by atoms with van der Waals surface area (Å²) in [5.74, 6) is 6.40. The second-order valence-corrected chi connectivity index (χ2v) is 2.79. The highest BCUT2D eigenvalue weighted by Crippen LogP contribution is 2.15. The second-order valence-electron chi connectivity index (χ2n) is 1.94. The van der Waals surface area contributed by atoms with Crippen LogP contribution in [0, 0.1) is 11.8 Å². The van der Waals surface area contributed by atoms with E-state index in [0.717, 1.165) is 4.47 Å². The molecule has 0 fully saturated rings. The van der Waals surface area contributed by atoms with E-state index in [-0.39, 0.29) is 0 Å². The quantitative estimate of drug-likeness (QED) is 0.723. The van der Waals surface area contributed by atoms with Gasteiger partial charge in [0.05, 0.1) is 10.7 Å². The third kappa shape index (κ3) is 2.41. The highest BCUT2D eigenvalue weighted by molar-refractivity contribution is 9.10. The molecule has 1 aromatic heterocycles. The Bertz CT molecular complexity index is 282. The number of rotatable bonds is 1. The molecule has 0 saturated carbocycles. The van der Waals surface area contributed by atoms with E-state index in [1.54, 1.807) is 6.26 Å². The van der Waals surface area contributed by atoms with E-state index in [9.17, 15) is 0 Å². The van der Waals surface area contributed by atoms with E-state index in [1.165, 1.54) is 0 Å². The SMILES string of the molecule is NCCC#Cc1occc1Br. The Morgan fingerprint density at radius 1 is 1.64 bits per heavy atom. The van der Waals surface area contributed by atoms with E-state index in [2.05, 4.69) is 27.8 Å². The van der Waals surface area contributed by atoms with Gasteiger partial charge in [0.15, 0.2) is 5.76 Å². The Kier molecular flexibility index (Phi) is 3.21. The average molecular weight is 214 g/mol. The van der Waals surface area contributed by atoms with Gasteiger partial charge < -0.3 is 10.2 Å². The average Bonchev–Trinajstić information content (AvgIpc) is 2.37. The van der Waals surface area contributed by atoms with Crippen molar-refractivity contribution in [1.82, 2.24) is 0 Å². The van der Waals surface area contributed by atoms with Crippen LogP contribution in [0.3, 0.4) is 0 Å². The lowest BCUT2D eigenvalue weighted by Gasteiger charge is -1.81. The van der Waals surface area contributed by atoms with E-state index in [1.807, 2.05) is 6.07 Å².